The Morgan fingerprint density at radius 2 is 1.84 bits per heavy atom. The van der Waals surface area contributed by atoms with Gasteiger partial charge in [0, 0.05) is 10.9 Å². The van der Waals surface area contributed by atoms with E-state index in [1.54, 1.807) is 12.1 Å². The highest BCUT2D eigenvalue weighted by atomic mass is 32.2. The van der Waals surface area contributed by atoms with Crippen LogP contribution in [0.2, 0.25) is 0 Å². The van der Waals surface area contributed by atoms with Crippen LogP contribution in [0.5, 0.6) is 0 Å². The fourth-order valence-corrected chi connectivity index (χ4v) is 3.36. The maximum atomic E-state index is 12.2. The van der Waals surface area contributed by atoms with Crippen molar-refractivity contribution in [2.24, 2.45) is 0 Å². The number of nitrogens with one attached hydrogen (secondary N) is 2. The summed E-state index contributed by atoms with van der Waals surface area (Å²) in [4.78, 5) is 37.0. The highest BCUT2D eigenvalue weighted by Crippen LogP contribution is 2.21. The quantitative estimate of drug-likeness (QED) is 0.619. The minimum Gasteiger partial charge on any atom is -0.449 e. The Bertz CT molecular complexity index is 629. The lowest BCUT2D eigenvalue weighted by Gasteiger charge is -2.23. The fourth-order valence-electron chi connectivity index (χ4n) is 2.77. The van der Waals surface area contributed by atoms with Crippen LogP contribution in [-0.4, -0.2) is 36.3 Å². The van der Waals surface area contributed by atoms with Crippen LogP contribution >= 0.6 is 11.8 Å². The van der Waals surface area contributed by atoms with Crippen LogP contribution in [0, 0.1) is 0 Å². The molecule has 0 spiro atoms. The van der Waals surface area contributed by atoms with E-state index in [-0.39, 0.29) is 6.04 Å². The number of urea groups is 1. The molecule has 1 fully saturated rings. The van der Waals surface area contributed by atoms with E-state index in [0.29, 0.717) is 5.56 Å². The predicted octanol–water partition coefficient (Wildman–Crippen LogP) is 3.11. The number of amides is 3. The van der Waals surface area contributed by atoms with Gasteiger partial charge in [0.15, 0.2) is 6.10 Å². The summed E-state index contributed by atoms with van der Waals surface area (Å²) in [6.45, 7) is 1.45. The molecule has 1 aromatic rings. The van der Waals surface area contributed by atoms with Crippen molar-refractivity contribution < 1.29 is 19.1 Å². The van der Waals surface area contributed by atoms with Gasteiger partial charge in [-0.2, -0.15) is 0 Å². The van der Waals surface area contributed by atoms with Crippen molar-refractivity contribution >= 4 is 29.7 Å². The van der Waals surface area contributed by atoms with Gasteiger partial charge in [-0.25, -0.2) is 9.59 Å². The summed E-state index contributed by atoms with van der Waals surface area (Å²) in [6.07, 6.45) is 6.01. The summed E-state index contributed by atoms with van der Waals surface area (Å²) in [6, 6.07) is 6.59. The second-order valence-electron chi connectivity index (χ2n) is 6.05. The Morgan fingerprint density at radius 3 is 2.52 bits per heavy atom. The number of carbonyl (C=O) groups excluding carboxylic acids is 3. The highest BCUT2D eigenvalue weighted by Gasteiger charge is 2.23. The van der Waals surface area contributed by atoms with Crippen molar-refractivity contribution in [2.45, 2.75) is 56.1 Å². The van der Waals surface area contributed by atoms with E-state index >= 15 is 0 Å². The lowest BCUT2D eigenvalue weighted by Crippen LogP contribution is -2.48. The van der Waals surface area contributed by atoms with Crippen LogP contribution in [0.25, 0.3) is 0 Å². The predicted molar refractivity (Wildman–Crippen MR) is 96.6 cm³/mol. The Labute approximate surface area is 152 Å². The van der Waals surface area contributed by atoms with Crippen LogP contribution in [0.15, 0.2) is 29.2 Å². The molecular formula is C18H24N2O4S. The number of esters is 1. The van der Waals surface area contributed by atoms with Gasteiger partial charge in [0.25, 0.3) is 5.91 Å². The first-order valence-electron chi connectivity index (χ1n) is 8.46. The summed E-state index contributed by atoms with van der Waals surface area (Å²) in [5.74, 6) is -1.22. The molecule has 0 radical (unpaired) electrons. The minimum atomic E-state index is -1.06. The van der Waals surface area contributed by atoms with Crippen LogP contribution in [0.1, 0.15) is 49.4 Å². The minimum absolute atomic E-state index is 0.105. The molecular weight excluding hydrogens is 340 g/mol. The molecule has 0 heterocycles. The summed E-state index contributed by atoms with van der Waals surface area (Å²) in [5.41, 5.74) is 0.404. The maximum absolute atomic E-state index is 12.2. The molecule has 0 saturated heterocycles. The molecule has 1 aromatic carbocycles. The van der Waals surface area contributed by atoms with Gasteiger partial charge in [-0.3, -0.25) is 10.1 Å². The van der Waals surface area contributed by atoms with Crippen LogP contribution in [0.3, 0.4) is 0 Å². The van der Waals surface area contributed by atoms with Crippen molar-refractivity contribution in [3.63, 3.8) is 0 Å². The van der Waals surface area contributed by atoms with Crippen LogP contribution in [0.4, 0.5) is 4.79 Å². The Balaban J connectivity index is 1.84. The van der Waals surface area contributed by atoms with Crippen molar-refractivity contribution in [1.29, 1.82) is 0 Å². The van der Waals surface area contributed by atoms with Crippen molar-refractivity contribution in [2.75, 3.05) is 6.26 Å². The molecule has 0 aliphatic heterocycles. The maximum Gasteiger partial charge on any atom is 0.340 e. The largest absolute Gasteiger partial charge is 0.449 e. The molecule has 2 rings (SSSR count). The molecule has 7 heteroatoms. The molecule has 0 bridgehead atoms. The zero-order chi connectivity index (χ0) is 18.2. The third-order valence-corrected chi connectivity index (χ3v) is 4.95. The van der Waals surface area contributed by atoms with Crippen molar-refractivity contribution in [3.05, 3.63) is 29.8 Å². The number of hydrogen-bond acceptors (Lipinski definition) is 5. The second-order valence-corrected chi connectivity index (χ2v) is 6.89. The smallest absolute Gasteiger partial charge is 0.340 e. The summed E-state index contributed by atoms with van der Waals surface area (Å²) < 4.78 is 5.19. The van der Waals surface area contributed by atoms with E-state index in [9.17, 15) is 14.4 Å². The van der Waals surface area contributed by atoms with Gasteiger partial charge in [-0.15, -0.1) is 11.8 Å². The number of thioether (sulfide) groups is 1. The first-order valence-corrected chi connectivity index (χ1v) is 9.69. The van der Waals surface area contributed by atoms with Gasteiger partial charge in [-0.05, 0) is 38.2 Å². The van der Waals surface area contributed by atoms with E-state index in [1.807, 2.05) is 18.4 Å². The third kappa shape index (κ3) is 5.77. The number of carbonyl (C=O) groups is 3. The Hall–Kier alpha value is -2.02. The molecule has 1 aliphatic carbocycles. The molecule has 0 unspecified atom stereocenters. The zero-order valence-electron chi connectivity index (χ0n) is 14.5. The number of rotatable bonds is 5. The lowest BCUT2D eigenvalue weighted by atomic mass is 9.96. The number of imide groups is 1. The first-order chi connectivity index (χ1) is 12.0. The Morgan fingerprint density at radius 1 is 1.16 bits per heavy atom. The molecule has 25 heavy (non-hydrogen) atoms. The van der Waals surface area contributed by atoms with E-state index in [2.05, 4.69) is 10.6 Å². The summed E-state index contributed by atoms with van der Waals surface area (Å²) >= 11 is 1.42. The zero-order valence-corrected chi connectivity index (χ0v) is 15.4. The second kappa shape index (κ2) is 9.46. The van der Waals surface area contributed by atoms with Crippen molar-refractivity contribution in [1.82, 2.24) is 10.6 Å². The molecule has 2 N–H and O–H groups in total. The standard InChI is InChI=1S/C18H24N2O4S/c1-12(24-17(22)14-10-6-7-11-15(14)25-2)16(21)20-18(23)19-13-8-4-3-5-9-13/h6-7,10-13H,3-5,8-9H2,1-2H3,(H2,19,20,21,23)/t12-/m0/s1. The van der Waals surface area contributed by atoms with Gasteiger partial charge in [0.2, 0.25) is 0 Å². The van der Waals surface area contributed by atoms with Gasteiger partial charge in [0.1, 0.15) is 0 Å². The van der Waals surface area contributed by atoms with Gasteiger partial charge < -0.3 is 10.1 Å². The van der Waals surface area contributed by atoms with E-state index in [0.717, 1.165) is 30.6 Å². The average molecular weight is 364 g/mol. The molecule has 0 aromatic heterocycles. The van der Waals surface area contributed by atoms with Crippen molar-refractivity contribution in [3.8, 4) is 0 Å². The fraction of sp³-hybridized carbons (Fsp3) is 0.500. The summed E-state index contributed by atoms with van der Waals surface area (Å²) in [5, 5.41) is 5.03. The normalized spacial score (nSPS) is 15.9. The molecule has 1 saturated carbocycles. The molecule has 1 atom stereocenters. The molecule has 136 valence electrons. The Kier molecular flexibility index (Phi) is 7.31. The third-order valence-electron chi connectivity index (χ3n) is 4.16. The SMILES string of the molecule is CSc1ccccc1C(=O)O[C@@H](C)C(=O)NC(=O)NC1CCCCC1. The van der Waals surface area contributed by atoms with Crippen LogP contribution < -0.4 is 10.6 Å². The van der Waals surface area contributed by atoms with Gasteiger partial charge in [-0.1, -0.05) is 31.4 Å². The lowest BCUT2D eigenvalue weighted by molar-refractivity contribution is -0.127. The first kappa shape index (κ1) is 19.3. The van der Waals surface area contributed by atoms with E-state index in [1.165, 1.54) is 25.1 Å². The van der Waals surface area contributed by atoms with E-state index < -0.39 is 24.0 Å². The highest BCUT2D eigenvalue weighted by molar-refractivity contribution is 7.98. The molecule has 3 amide bonds. The molecule has 1 aliphatic rings. The number of ether oxygens (including phenoxy) is 1. The van der Waals surface area contributed by atoms with Gasteiger partial charge in [0.05, 0.1) is 5.56 Å². The number of benzene rings is 1. The summed E-state index contributed by atoms with van der Waals surface area (Å²) in [7, 11) is 0. The topological polar surface area (TPSA) is 84.5 Å². The average Bonchev–Trinajstić information content (AvgIpc) is 2.62. The monoisotopic (exact) mass is 364 g/mol. The van der Waals surface area contributed by atoms with Crippen LogP contribution in [-0.2, 0) is 9.53 Å². The number of hydrogen-bond donors (Lipinski definition) is 2. The van der Waals surface area contributed by atoms with Gasteiger partial charge >= 0.3 is 12.0 Å². The van der Waals surface area contributed by atoms with E-state index in [4.69, 9.17) is 4.74 Å². The molecule has 6 nitrogen and oxygen atoms in total.